The van der Waals surface area contributed by atoms with Gasteiger partial charge in [-0.2, -0.15) is 11.3 Å². The van der Waals surface area contributed by atoms with Gasteiger partial charge in [-0.1, -0.05) is 0 Å². The number of nitrogens with zero attached hydrogens (tertiary/aromatic N) is 1. The summed E-state index contributed by atoms with van der Waals surface area (Å²) in [6, 6.07) is 2.10. The van der Waals surface area contributed by atoms with Gasteiger partial charge in [0, 0.05) is 27.2 Å². The number of ether oxygens (including phenoxy) is 1. The highest BCUT2D eigenvalue weighted by Crippen LogP contribution is 2.04. The number of hydrogen-bond acceptors (Lipinski definition) is 3. The van der Waals surface area contributed by atoms with Gasteiger partial charge in [-0.15, -0.1) is 0 Å². The molecule has 0 amide bonds. The molecule has 0 unspecified atom stereocenters. The summed E-state index contributed by atoms with van der Waals surface area (Å²) < 4.78 is 4.94. The Morgan fingerprint density at radius 1 is 1.53 bits per heavy atom. The predicted molar refractivity (Wildman–Crippen MR) is 64.4 cm³/mol. The van der Waals surface area contributed by atoms with E-state index in [9.17, 15) is 0 Å². The van der Waals surface area contributed by atoms with E-state index < -0.39 is 0 Å². The molecule has 0 saturated carbocycles. The van der Waals surface area contributed by atoms with Crippen LogP contribution in [-0.2, 0) is 11.3 Å². The number of nitrogens with one attached hydrogen (secondary N) is 2. The average Bonchev–Trinajstić information content (AvgIpc) is 2.76. The number of guanidine groups is 1. The van der Waals surface area contributed by atoms with Crippen molar-refractivity contribution in [2.24, 2.45) is 4.99 Å². The molecule has 2 N–H and O–H groups in total. The second kappa shape index (κ2) is 7.25. The summed E-state index contributed by atoms with van der Waals surface area (Å²) in [6.45, 7) is 2.25. The SMILES string of the molecule is CN=C(NCCOC)NCc1ccsc1. The molecule has 0 bridgehead atoms. The van der Waals surface area contributed by atoms with Crippen molar-refractivity contribution in [3.05, 3.63) is 22.4 Å². The zero-order chi connectivity index (χ0) is 10.9. The molecule has 0 spiro atoms. The molecule has 15 heavy (non-hydrogen) atoms. The van der Waals surface area contributed by atoms with Crippen LogP contribution in [0.3, 0.4) is 0 Å². The van der Waals surface area contributed by atoms with Crippen LogP contribution in [0.2, 0.25) is 0 Å². The van der Waals surface area contributed by atoms with Gasteiger partial charge in [0.15, 0.2) is 5.96 Å². The third kappa shape index (κ3) is 4.80. The third-order valence-corrected chi connectivity index (χ3v) is 2.59. The van der Waals surface area contributed by atoms with Crippen molar-refractivity contribution in [2.45, 2.75) is 6.54 Å². The molecule has 5 heteroatoms. The summed E-state index contributed by atoms with van der Waals surface area (Å²) in [4.78, 5) is 4.10. The highest BCUT2D eigenvalue weighted by Gasteiger charge is 1.97. The maximum absolute atomic E-state index is 4.94. The second-order valence-electron chi connectivity index (χ2n) is 2.98. The number of thiophene rings is 1. The first-order chi connectivity index (χ1) is 7.36. The molecular formula is C10H17N3OS. The Labute approximate surface area is 94.4 Å². The number of methoxy groups -OCH3 is 1. The Morgan fingerprint density at radius 2 is 2.40 bits per heavy atom. The molecule has 1 heterocycles. The Balaban J connectivity index is 2.23. The smallest absolute Gasteiger partial charge is 0.191 e. The van der Waals surface area contributed by atoms with Gasteiger partial charge in [0.1, 0.15) is 0 Å². The van der Waals surface area contributed by atoms with Crippen molar-refractivity contribution in [3.8, 4) is 0 Å². The molecule has 0 atom stereocenters. The fourth-order valence-electron chi connectivity index (χ4n) is 1.07. The monoisotopic (exact) mass is 227 g/mol. The van der Waals surface area contributed by atoms with Gasteiger partial charge in [-0.25, -0.2) is 0 Å². The number of aliphatic imine (C=N–C) groups is 1. The van der Waals surface area contributed by atoms with Crippen LogP contribution in [0.4, 0.5) is 0 Å². The fourth-order valence-corrected chi connectivity index (χ4v) is 1.74. The van der Waals surface area contributed by atoms with Crippen molar-refractivity contribution in [3.63, 3.8) is 0 Å². The zero-order valence-electron chi connectivity index (χ0n) is 9.12. The molecule has 4 nitrogen and oxygen atoms in total. The van der Waals surface area contributed by atoms with E-state index in [1.165, 1.54) is 5.56 Å². The number of hydrogen-bond donors (Lipinski definition) is 2. The van der Waals surface area contributed by atoms with Crippen LogP contribution in [0.5, 0.6) is 0 Å². The van der Waals surface area contributed by atoms with Crippen LogP contribution >= 0.6 is 11.3 Å². The summed E-state index contributed by atoms with van der Waals surface area (Å²) in [5.74, 6) is 0.804. The molecule has 0 aliphatic rings. The van der Waals surface area contributed by atoms with Crippen LogP contribution in [0.1, 0.15) is 5.56 Å². The summed E-state index contributed by atoms with van der Waals surface area (Å²) in [7, 11) is 3.44. The van der Waals surface area contributed by atoms with E-state index in [0.717, 1.165) is 19.0 Å². The lowest BCUT2D eigenvalue weighted by Crippen LogP contribution is -2.38. The van der Waals surface area contributed by atoms with Gasteiger partial charge in [0.05, 0.1) is 6.61 Å². The van der Waals surface area contributed by atoms with Crippen LogP contribution in [0.25, 0.3) is 0 Å². The summed E-state index contributed by atoms with van der Waals surface area (Å²) in [5.41, 5.74) is 1.27. The Hall–Kier alpha value is -1.07. The van der Waals surface area contributed by atoms with Gasteiger partial charge in [0.2, 0.25) is 0 Å². The van der Waals surface area contributed by atoms with Crippen molar-refractivity contribution in [2.75, 3.05) is 27.3 Å². The van der Waals surface area contributed by atoms with Gasteiger partial charge in [-0.05, 0) is 22.4 Å². The Morgan fingerprint density at radius 3 is 3.00 bits per heavy atom. The third-order valence-electron chi connectivity index (χ3n) is 1.86. The van der Waals surface area contributed by atoms with Crippen molar-refractivity contribution < 1.29 is 4.74 Å². The molecule has 1 aromatic heterocycles. The van der Waals surface area contributed by atoms with E-state index in [-0.39, 0.29) is 0 Å². The Kier molecular flexibility index (Phi) is 5.80. The van der Waals surface area contributed by atoms with Gasteiger partial charge < -0.3 is 15.4 Å². The minimum Gasteiger partial charge on any atom is -0.383 e. The second-order valence-corrected chi connectivity index (χ2v) is 3.76. The average molecular weight is 227 g/mol. The largest absolute Gasteiger partial charge is 0.383 e. The van der Waals surface area contributed by atoms with E-state index in [2.05, 4.69) is 32.5 Å². The molecular weight excluding hydrogens is 210 g/mol. The number of rotatable bonds is 5. The lowest BCUT2D eigenvalue weighted by atomic mass is 10.3. The first kappa shape index (κ1) is 12.0. The Bertz CT molecular complexity index is 285. The van der Waals surface area contributed by atoms with E-state index in [1.54, 1.807) is 25.5 Å². The van der Waals surface area contributed by atoms with Crippen LogP contribution < -0.4 is 10.6 Å². The standard InChI is InChI=1S/C10H17N3OS/c1-11-10(12-4-5-14-2)13-7-9-3-6-15-8-9/h3,6,8H,4-5,7H2,1-2H3,(H2,11,12,13). The van der Waals surface area contributed by atoms with Crippen molar-refractivity contribution in [1.82, 2.24) is 10.6 Å². The predicted octanol–water partition coefficient (Wildman–Crippen LogP) is 1.06. The fraction of sp³-hybridized carbons (Fsp3) is 0.500. The van der Waals surface area contributed by atoms with Gasteiger partial charge in [0.25, 0.3) is 0 Å². The maximum Gasteiger partial charge on any atom is 0.191 e. The highest BCUT2D eigenvalue weighted by molar-refractivity contribution is 7.07. The summed E-state index contributed by atoms with van der Waals surface area (Å²) in [6.07, 6.45) is 0. The molecule has 0 aliphatic carbocycles. The van der Waals surface area contributed by atoms with Gasteiger partial charge >= 0.3 is 0 Å². The van der Waals surface area contributed by atoms with Gasteiger partial charge in [-0.3, -0.25) is 4.99 Å². The normalized spacial score (nSPS) is 11.5. The lowest BCUT2D eigenvalue weighted by molar-refractivity contribution is 0.203. The topological polar surface area (TPSA) is 45.7 Å². The van der Waals surface area contributed by atoms with Crippen LogP contribution in [0, 0.1) is 0 Å². The van der Waals surface area contributed by atoms with E-state index in [4.69, 9.17) is 4.74 Å². The minimum absolute atomic E-state index is 0.680. The molecule has 1 aromatic rings. The molecule has 0 aliphatic heterocycles. The van der Waals surface area contributed by atoms with E-state index >= 15 is 0 Å². The van der Waals surface area contributed by atoms with E-state index in [1.807, 2.05) is 0 Å². The first-order valence-electron chi connectivity index (χ1n) is 4.81. The first-order valence-corrected chi connectivity index (χ1v) is 5.75. The molecule has 0 fully saturated rings. The lowest BCUT2D eigenvalue weighted by Gasteiger charge is -2.10. The maximum atomic E-state index is 4.94. The quantitative estimate of drug-likeness (QED) is 0.449. The van der Waals surface area contributed by atoms with Crippen LogP contribution in [-0.4, -0.2) is 33.3 Å². The van der Waals surface area contributed by atoms with Crippen LogP contribution in [0.15, 0.2) is 21.8 Å². The van der Waals surface area contributed by atoms with Crippen molar-refractivity contribution >= 4 is 17.3 Å². The molecule has 0 radical (unpaired) electrons. The molecule has 84 valence electrons. The molecule has 0 saturated heterocycles. The molecule has 1 rings (SSSR count). The minimum atomic E-state index is 0.680. The van der Waals surface area contributed by atoms with Crippen molar-refractivity contribution in [1.29, 1.82) is 0 Å². The molecule has 0 aromatic carbocycles. The highest BCUT2D eigenvalue weighted by atomic mass is 32.1. The summed E-state index contributed by atoms with van der Waals surface area (Å²) in [5, 5.41) is 10.6. The summed E-state index contributed by atoms with van der Waals surface area (Å²) >= 11 is 1.70. The van der Waals surface area contributed by atoms with E-state index in [0.29, 0.717) is 6.61 Å². The zero-order valence-corrected chi connectivity index (χ0v) is 9.93.